The molecule has 0 unspecified atom stereocenters. The maximum atomic E-state index is 14.0. The number of anilines is 1. The van der Waals surface area contributed by atoms with Gasteiger partial charge in [-0.05, 0) is 80.5 Å². The molecule has 5 rings (SSSR count). The Morgan fingerprint density at radius 3 is 2.44 bits per heavy atom. The van der Waals surface area contributed by atoms with Crippen LogP contribution in [0.3, 0.4) is 0 Å². The molecule has 2 N–H and O–H groups in total. The summed E-state index contributed by atoms with van der Waals surface area (Å²) >= 11 is 5.74. The van der Waals surface area contributed by atoms with E-state index in [2.05, 4.69) is 15.6 Å². The lowest BCUT2D eigenvalue weighted by molar-refractivity contribution is -0.137. The Bertz CT molecular complexity index is 1580. The number of carbonyl (C=O) groups is 1. The van der Waals surface area contributed by atoms with E-state index in [1.165, 1.54) is 12.1 Å². The number of alkyl halides is 3. The van der Waals surface area contributed by atoms with Gasteiger partial charge in [-0.3, -0.25) is 9.78 Å². The van der Waals surface area contributed by atoms with Gasteiger partial charge in [0, 0.05) is 36.2 Å². The van der Waals surface area contributed by atoms with Gasteiger partial charge in [0.05, 0.1) is 29.0 Å². The Morgan fingerprint density at radius 2 is 1.73 bits per heavy atom. The fourth-order valence-electron chi connectivity index (χ4n) is 5.50. The number of aryl methyl sites for hydroxylation is 2. The predicted octanol–water partition coefficient (Wildman–Crippen LogP) is 6.82. The van der Waals surface area contributed by atoms with E-state index in [4.69, 9.17) is 12.2 Å². The van der Waals surface area contributed by atoms with Crippen molar-refractivity contribution in [1.29, 1.82) is 0 Å². The van der Waals surface area contributed by atoms with Gasteiger partial charge in [0.2, 0.25) is 5.91 Å². The van der Waals surface area contributed by atoms with Crippen molar-refractivity contribution in [3.8, 4) is 5.69 Å². The summed E-state index contributed by atoms with van der Waals surface area (Å²) in [5, 5.41) is 6.77. The Morgan fingerprint density at radius 1 is 1.02 bits per heavy atom. The second-order valence-electron chi connectivity index (χ2n) is 10.1. The molecule has 0 aliphatic carbocycles. The summed E-state index contributed by atoms with van der Waals surface area (Å²) < 4.78 is 43.5. The summed E-state index contributed by atoms with van der Waals surface area (Å²) in [6.45, 7) is 5.84. The molecule has 6 nitrogen and oxygen atoms in total. The molecule has 2 atom stereocenters. The normalized spacial score (nSPS) is 17.0. The molecule has 41 heavy (non-hydrogen) atoms. The van der Waals surface area contributed by atoms with Gasteiger partial charge in [-0.1, -0.05) is 36.4 Å². The average molecular weight is 578 g/mol. The molecule has 10 heteroatoms. The van der Waals surface area contributed by atoms with E-state index in [0.717, 1.165) is 28.6 Å². The van der Waals surface area contributed by atoms with Crippen LogP contribution in [0.4, 0.5) is 18.9 Å². The van der Waals surface area contributed by atoms with Crippen molar-refractivity contribution in [2.24, 2.45) is 0 Å². The van der Waals surface area contributed by atoms with Crippen molar-refractivity contribution in [2.45, 2.75) is 45.5 Å². The quantitative estimate of drug-likeness (QED) is 0.236. The number of hydrogen-bond donors (Lipinski definition) is 2. The van der Waals surface area contributed by atoms with Crippen LogP contribution in [0.1, 0.15) is 52.3 Å². The zero-order valence-corrected chi connectivity index (χ0v) is 23.7. The second kappa shape index (κ2) is 11.4. The molecule has 212 valence electrons. The number of amides is 1. The summed E-state index contributed by atoms with van der Waals surface area (Å²) in [4.78, 5) is 19.4. The lowest BCUT2D eigenvalue weighted by Crippen LogP contribution is -2.33. The number of halogens is 3. The first-order valence-electron chi connectivity index (χ1n) is 13.2. The van der Waals surface area contributed by atoms with Gasteiger partial charge in [-0.25, -0.2) is 0 Å². The lowest BCUT2D eigenvalue weighted by Gasteiger charge is -2.28. The fraction of sp³-hybridized carbons (Fsp3) is 0.258. The van der Waals surface area contributed by atoms with Crippen molar-refractivity contribution >= 4 is 28.9 Å². The van der Waals surface area contributed by atoms with E-state index in [1.807, 2.05) is 67.3 Å². The van der Waals surface area contributed by atoms with Gasteiger partial charge >= 0.3 is 6.18 Å². The van der Waals surface area contributed by atoms with Gasteiger partial charge in [0.25, 0.3) is 0 Å². The number of benzene rings is 2. The maximum absolute atomic E-state index is 14.0. The smallest absolute Gasteiger partial charge is 0.352 e. The Labute approximate surface area is 242 Å². The second-order valence-corrected chi connectivity index (χ2v) is 10.5. The number of thiocarbonyl (C=S) groups is 1. The van der Waals surface area contributed by atoms with E-state index in [0.29, 0.717) is 23.0 Å². The highest BCUT2D eigenvalue weighted by molar-refractivity contribution is 7.80. The van der Waals surface area contributed by atoms with Crippen LogP contribution in [0, 0.1) is 20.8 Å². The lowest BCUT2D eigenvalue weighted by atomic mass is 9.96. The van der Waals surface area contributed by atoms with E-state index in [9.17, 15) is 18.0 Å². The number of nitrogens with one attached hydrogen (secondary N) is 2. The summed E-state index contributed by atoms with van der Waals surface area (Å²) in [6, 6.07) is 19.8. The number of pyridine rings is 1. The molecule has 0 bridgehead atoms. The highest BCUT2D eigenvalue weighted by Crippen LogP contribution is 2.42. The van der Waals surface area contributed by atoms with Gasteiger partial charge < -0.3 is 20.1 Å². The van der Waals surface area contributed by atoms with Crippen LogP contribution in [0.5, 0.6) is 0 Å². The van der Waals surface area contributed by atoms with Gasteiger partial charge in [-0.2, -0.15) is 13.2 Å². The van der Waals surface area contributed by atoms with Crippen LogP contribution in [-0.2, 0) is 11.0 Å². The van der Waals surface area contributed by atoms with Crippen LogP contribution < -0.4 is 10.6 Å². The number of nitrogens with zero attached hydrogens (tertiary/aromatic N) is 3. The number of rotatable bonds is 7. The predicted molar refractivity (Wildman–Crippen MR) is 157 cm³/mol. The largest absolute Gasteiger partial charge is 0.418 e. The topological polar surface area (TPSA) is 62.2 Å². The molecule has 3 heterocycles. The van der Waals surface area contributed by atoms with Gasteiger partial charge in [0.1, 0.15) is 0 Å². The van der Waals surface area contributed by atoms with Crippen molar-refractivity contribution in [2.75, 3.05) is 11.9 Å². The fourth-order valence-corrected chi connectivity index (χ4v) is 5.83. The van der Waals surface area contributed by atoms with Crippen LogP contribution in [-0.4, -0.2) is 32.0 Å². The molecule has 1 fully saturated rings. The van der Waals surface area contributed by atoms with E-state index in [1.54, 1.807) is 23.8 Å². The summed E-state index contributed by atoms with van der Waals surface area (Å²) in [5.41, 5.74) is 3.92. The monoisotopic (exact) mass is 577 g/mol. The van der Waals surface area contributed by atoms with Crippen molar-refractivity contribution < 1.29 is 18.0 Å². The molecule has 0 saturated carbocycles. The molecule has 0 spiro atoms. The Balaban J connectivity index is 1.52. The highest BCUT2D eigenvalue weighted by atomic mass is 32.1. The molecule has 2 aromatic carbocycles. The van der Waals surface area contributed by atoms with Gasteiger partial charge in [-0.15, -0.1) is 0 Å². The number of aromatic nitrogens is 2. The summed E-state index contributed by atoms with van der Waals surface area (Å²) in [6.07, 6.45) is -2.65. The number of hydrogen-bond acceptors (Lipinski definition) is 3. The maximum Gasteiger partial charge on any atom is 0.418 e. The van der Waals surface area contributed by atoms with E-state index in [-0.39, 0.29) is 24.1 Å². The minimum absolute atomic E-state index is 0.0633. The van der Waals surface area contributed by atoms with Crippen LogP contribution in [0.2, 0.25) is 0 Å². The minimum Gasteiger partial charge on any atom is -0.352 e. The Kier molecular flexibility index (Phi) is 7.86. The van der Waals surface area contributed by atoms with Crippen LogP contribution in [0.15, 0.2) is 79.0 Å². The third kappa shape index (κ3) is 5.69. The molecular formula is C31H30F3N5OS. The zero-order valence-electron chi connectivity index (χ0n) is 22.9. The van der Waals surface area contributed by atoms with Crippen LogP contribution in [0.25, 0.3) is 5.69 Å². The van der Waals surface area contributed by atoms with Crippen molar-refractivity contribution in [1.82, 2.24) is 19.8 Å². The van der Waals surface area contributed by atoms with Crippen molar-refractivity contribution in [3.63, 3.8) is 0 Å². The van der Waals surface area contributed by atoms with Gasteiger partial charge in [0.15, 0.2) is 5.11 Å². The molecule has 2 aromatic heterocycles. The summed E-state index contributed by atoms with van der Waals surface area (Å²) in [7, 11) is 0. The average Bonchev–Trinajstić information content (AvgIpc) is 3.42. The number of carbonyl (C=O) groups excluding carboxylic acids is 1. The first kappa shape index (κ1) is 28.4. The molecule has 4 aromatic rings. The molecule has 0 radical (unpaired) electrons. The standard InChI is InChI=1S/C31H30F3N5OS/c1-19-10-4-6-12-24(19)36-27(40)15-17-38-29(28(37-30(38)41)25-13-8-9-16-35-25)22-18-20(2)39(21(22)3)26-14-7-5-11-23(26)31(32,33)34/h4-14,16,18,28-29H,15,17H2,1-3H3,(H,36,40)(H,37,41)/t28-,29-/m0/s1. The first-order chi connectivity index (χ1) is 19.6. The minimum atomic E-state index is -4.51. The molecule has 1 aliphatic rings. The van der Waals surface area contributed by atoms with Crippen LogP contribution >= 0.6 is 12.2 Å². The highest BCUT2D eigenvalue weighted by Gasteiger charge is 2.42. The van der Waals surface area contributed by atoms with E-state index < -0.39 is 17.8 Å². The third-order valence-electron chi connectivity index (χ3n) is 7.44. The summed E-state index contributed by atoms with van der Waals surface area (Å²) in [5.74, 6) is -0.160. The Hall–Kier alpha value is -4.18. The SMILES string of the molecule is Cc1ccccc1NC(=O)CCN1C(=S)N[C@@H](c2ccccn2)[C@@H]1c1cc(C)n(-c2ccccc2C(F)(F)F)c1C. The first-order valence-corrected chi connectivity index (χ1v) is 13.7. The third-order valence-corrected chi connectivity index (χ3v) is 7.79. The van der Waals surface area contributed by atoms with Crippen molar-refractivity contribution in [3.05, 3.63) is 113 Å². The molecule has 1 saturated heterocycles. The molecule has 1 aliphatic heterocycles. The molecule has 1 amide bonds. The number of para-hydroxylation sites is 2. The molecular weight excluding hydrogens is 547 g/mol. The zero-order chi connectivity index (χ0) is 29.3. The van der Waals surface area contributed by atoms with E-state index >= 15 is 0 Å².